The van der Waals surface area contributed by atoms with Crippen molar-refractivity contribution in [3.05, 3.63) is 24.3 Å². The average Bonchev–Trinajstić information content (AvgIpc) is 3.14. The highest BCUT2D eigenvalue weighted by Crippen LogP contribution is 2.23. The molecule has 0 amide bonds. The number of hydrogen-bond acceptors (Lipinski definition) is 10. The van der Waals surface area contributed by atoms with Crippen molar-refractivity contribution in [3.63, 3.8) is 0 Å². The zero-order valence-electron chi connectivity index (χ0n) is 33.0. The van der Waals surface area contributed by atoms with Crippen LogP contribution in [0.25, 0.3) is 0 Å². The standard InChI is InChI=1S/C42H74O11/c1-3-5-7-9-11-13-15-17-19-21-23-25-27-29-31-36(44)52-34(33-51-42-39(47)37(45)38(46)40(53-42)41(48)49)32-50-35(43)30-28-26-24-22-20-18-16-14-12-10-8-6-4-2/h8,10,14,16,34,37-40,42,45-47H,3-7,9,11-13,15,17-33H2,1-2H3,(H,48,49)/b10-8-,16-14-. The summed E-state index contributed by atoms with van der Waals surface area (Å²) < 4.78 is 21.7. The van der Waals surface area contributed by atoms with Gasteiger partial charge in [-0.3, -0.25) is 9.59 Å². The molecule has 4 N–H and O–H groups in total. The Morgan fingerprint density at radius 2 is 1.09 bits per heavy atom. The lowest BCUT2D eigenvalue weighted by Gasteiger charge is -2.38. The van der Waals surface area contributed by atoms with Crippen molar-refractivity contribution >= 4 is 17.9 Å². The van der Waals surface area contributed by atoms with Crippen molar-refractivity contribution in [1.82, 2.24) is 0 Å². The molecule has 0 bridgehead atoms. The predicted octanol–water partition coefficient (Wildman–Crippen LogP) is 8.25. The van der Waals surface area contributed by atoms with Crippen molar-refractivity contribution in [2.75, 3.05) is 13.2 Å². The molecular formula is C42H74O11. The lowest BCUT2D eigenvalue weighted by molar-refractivity contribution is -0.298. The number of ether oxygens (including phenoxy) is 4. The molecule has 11 nitrogen and oxygen atoms in total. The van der Waals surface area contributed by atoms with E-state index in [-0.39, 0.29) is 19.4 Å². The number of carbonyl (C=O) groups excluding carboxylic acids is 2. The van der Waals surface area contributed by atoms with Crippen molar-refractivity contribution in [2.24, 2.45) is 0 Å². The van der Waals surface area contributed by atoms with Gasteiger partial charge in [0, 0.05) is 12.8 Å². The molecule has 0 radical (unpaired) electrons. The third-order valence-corrected chi connectivity index (χ3v) is 9.53. The van der Waals surface area contributed by atoms with Gasteiger partial charge in [0.05, 0.1) is 6.61 Å². The number of unbranched alkanes of at least 4 members (excludes halogenated alkanes) is 19. The van der Waals surface area contributed by atoms with E-state index in [1.807, 2.05) is 0 Å². The zero-order chi connectivity index (χ0) is 38.9. The molecular weight excluding hydrogens is 680 g/mol. The lowest BCUT2D eigenvalue weighted by Crippen LogP contribution is -2.60. The van der Waals surface area contributed by atoms with Gasteiger partial charge >= 0.3 is 17.9 Å². The van der Waals surface area contributed by atoms with Gasteiger partial charge in [-0.05, 0) is 38.5 Å². The van der Waals surface area contributed by atoms with Gasteiger partial charge in [-0.1, -0.05) is 147 Å². The van der Waals surface area contributed by atoms with Crippen LogP contribution in [0, 0.1) is 0 Å². The van der Waals surface area contributed by atoms with Crippen LogP contribution in [0.3, 0.4) is 0 Å². The van der Waals surface area contributed by atoms with Crippen LogP contribution in [0.4, 0.5) is 0 Å². The highest BCUT2D eigenvalue weighted by atomic mass is 16.7. The van der Waals surface area contributed by atoms with Crippen LogP contribution in [-0.2, 0) is 33.3 Å². The van der Waals surface area contributed by atoms with Crippen molar-refractivity contribution < 1.29 is 53.8 Å². The largest absolute Gasteiger partial charge is 0.479 e. The maximum atomic E-state index is 12.7. The second kappa shape index (κ2) is 33.1. The first-order chi connectivity index (χ1) is 25.7. The number of carboxylic acid groups (broad SMARTS) is 1. The number of aliphatic hydroxyl groups excluding tert-OH is 3. The van der Waals surface area contributed by atoms with Crippen LogP contribution < -0.4 is 0 Å². The van der Waals surface area contributed by atoms with Crippen LogP contribution in [0.1, 0.15) is 174 Å². The zero-order valence-corrected chi connectivity index (χ0v) is 33.0. The van der Waals surface area contributed by atoms with Crippen molar-refractivity contribution in [3.8, 4) is 0 Å². The molecule has 1 saturated heterocycles. The number of carboxylic acids is 1. The second-order valence-corrected chi connectivity index (χ2v) is 14.5. The summed E-state index contributed by atoms with van der Waals surface area (Å²) in [5, 5.41) is 39.7. The summed E-state index contributed by atoms with van der Waals surface area (Å²) in [6, 6.07) is 0. The van der Waals surface area contributed by atoms with Gasteiger partial charge in [0.2, 0.25) is 0 Å². The molecule has 0 aromatic rings. The van der Waals surface area contributed by atoms with Gasteiger partial charge in [0.15, 0.2) is 18.5 Å². The van der Waals surface area contributed by atoms with Crippen molar-refractivity contribution in [1.29, 1.82) is 0 Å². The third-order valence-electron chi connectivity index (χ3n) is 9.53. The normalized spacial score (nSPS) is 21.0. The molecule has 53 heavy (non-hydrogen) atoms. The minimum absolute atomic E-state index is 0.183. The van der Waals surface area contributed by atoms with E-state index in [0.29, 0.717) is 12.8 Å². The summed E-state index contributed by atoms with van der Waals surface area (Å²) in [6.07, 6.45) is 25.2. The first kappa shape index (κ1) is 48.7. The topological polar surface area (TPSA) is 169 Å². The van der Waals surface area contributed by atoms with Gasteiger partial charge in [-0.15, -0.1) is 0 Å². The van der Waals surface area contributed by atoms with Crippen LogP contribution in [0.2, 0.25) is 0 Å². The summed E-state index contributed by atoms with van der Waals surface area (Å²) in [6.45, 7) is 3.73. The first-order valence-corrected chi connectivity index (χ1v) is 20.9. The maximum absolute atomic E-state index is 12.7. The first-order valence-electron chi connectivity index (χ1n) is 20.9. The Hall–Kier alpha value is -2.31. The molecule has 11 heteroatoms. The average molecular weight is 755 g/mol. The molecule has 0 aliphatic carbocycles. The number of aliphatic hydroxyl groups is 3. The maximum Gasteiger partial charge on any atom is 0.335 e. The monoisotopic (exact) mass is 755 g/mol. The molecule has 1 aliphatic rings. The Bertz CT molecular complexity index is 984. The SMILES string of the molecule is CCC/C=C\C/C=C\CCCCCCCC(=O)OCC(COC1OC(C(=O)O)C(O)C(O)C1O)OC(=O)CCCCCCCCCCCCCCCC. The number of allylic oxidation sites excluding steroid dienone is 4. The molecule has 6 atom stereocenters. The molecule has 1 fully saturated rings. The van der Waals surface area contributed by atoms with Gasteiger partial charge in [-0.25, -0.2) is 4.79 Å². The summed E-state index contributed by atoms with van der Waals surface area (Å²) >= 11 is 0. The Morgan fingerprint density at radius 1 is 0.585 bits per heavy atom. The predicted molar refractivity (Wildman–Crippen MR) is 206 cm³/mol. The fourth-order valence-electron chi connectivity index (χ4n) is 6.21. The van der Waals surface area contributed by atoms with Crippen molar-refractivity contribution in [2.45, 2.75) is 211 Å². The molecule has 6 unspecified atom stereocenters. The van der Waals surface area contributed by atoms with Gasteiger partial charge < -0.3 is 39.4 Å². The highest BCUT2D eigenvalue weighted by Gasteiger charge is 2.47. The van der Waals surface area contributed by atoms with Gasteiger partial charge in [-0.2, -0.15) is 0 Å². The Morgan fingerprint density at radius 3 is 1.64 bits per heavy atom. The Labute approximate surface area is 319 Å². The molecule has 308 valence electrons. The smallest absolute Gasteiger partial charge is 0.335 e. The van der Waals surface area contributed by atoms with E-state index in [9.17, 15) is 34.8 Å². The number of aliphatic carboxylic acids is 1. The molecule has 1 heterocycles. The molecule has 0 aromatic carbocycles. The number of carbonyl (C=O) groups is 3. The van der Waals surface area contributed by atoms with E-state index in [1.54, 1.807) is 0 Å². The van der Waals surface area contributed by atoms with Crippen LogP contribution in [0.15, 0.2) is 24.3 Å². The summed E-state index contributed by atoms with van der Waals surface area (Å²) in [4.78, 5) is 36.7. The van der Waals surface area contributed by atoms with Crippen LogP contribution in [0.5, 0.6) is 0 Å². The highest BCUT2D eigenvalue weighted by molar-refractivity contribution is 5.73. The second-order valence-electron chi connectivity index (χ2n) is 14.5. The number of rotatable bonds is 34. The number of esters is 2. The summed E-state index contributed by atoms with van der Waals surface area (Å²) in [5.41, 5.74) is 0. The fraction of sp³-hybridized carbons (Fsp3) is 0.833. The Kier molecular flexibility index (Phi) is 30.4. The molecule has 0 aromatic heterocycles. The van der Waals surface area contributed by atoms with E-state index < -0.39 is 61.3 Å². The van der Waals surface area contributed by atoms with Crippen LogP contribution >= 0.6 is 0 Å². The van der Waals surface area contributed by atoms with Gasteiger partial charge in [0.1, 0.15) is 24.9 Å². The third kappa shape index (κ3) is 25.4. The molecule has 0 spiro atoms. The van der Waals surface area contributed by atoms with E-state index in [4.69, 9.17) is 18.9 Å². The number of hydrogen-bond donors (Lipinski definition) is 4. The summed E-state index contributed by atoms with van der Waals surface area (Å²) in [7, 11) is 0. The van der Waals surface area contributed by atoms with E-state index in [0.717, 1.165) is 64.2 Å². The molecule has 1 rings (SSSR count). The quantitative estimate of drug-likeness (QED) is 0.0284. The minimum atomic E-state index is -1.86. The van der Waals surface area contributed by atoms with E-state index in [2.05, 4.69) is 38.2 Å². The molecule has 0 saturated carbocycles. The molecule has 1 aliphatic heterocycles. The van der Waals surface area contributed by atoms with E-state index >= 15 is 0 Å². The lowest BCUT2D eigenvalue weighted by atomic mass is 9.99. The minimum Gasteiger partial charge on any atom is -0.479 e. The van der Waals surface area contributed by atoms with Crippen LogP contribution in [-0.4, -0.2) is 88.4 Å². The van der Waals surface area contributed by atoms with E-state index in [1.165, 1.54) is 70.6 Å². The van der Waals surface area contributed by atoms with Gasteiger partial charge in [0.25, 0.3) is 0 Å². The fourth-order valence-corrected chi connectivity index (χ4v) is 6.21. The Balaban J connectivity index is 2.41. The summed E-state index contributed by atoms with van der Waals surface area (Å²) in [5.74, 6) is -2.46.